The number of hydrogen-bond donors (Lipinski definition) is 2. The van der Waals surface area contributed by atoms with Gasteiger partial charge in [0.15, 0.2) is 0 Å². The molecule has 1 aliphatic carbocycles. The van der Waals surface area contributed by atoms with E-state index < -0.39 is 11.7 Å². The van der Waals surface area contributed by atoms with E-state index in [-0.39, 0.29) is 10.9 Å². The summed E-state index contributed by atoms with van der Waals surface area (Å²) < 4.78 is 14.9. The number of carbonyl (C=O) groups is 1. The summed E-state index contributed by atoms with van der Waals surface area (Å²) in [6.45, 7) is 1.78. The number of nitrogens with zero attached hydrogens (tertiary/aromatic N) is 3. The summed E-state index contributed by atoms with van der Waals surface area (Å²) in [5, 5.41) is 14.3. The van der Waals surface area contributed by atoms with Crippen LogP contribution in [0.5, 0.6) is 0 Å². The Morgan fingerprint density at radius 1 is 1.38 bits per heavy atom. The van der Waals surface area contributed by atoms with Crippen molar-refractivity contribution in [2.45, 2.75) is 31.6 Å². The Morgan fingerprint density at radius 2 is 2.19 bits per heavy atom. The number of halogens is 2. The van der Waals surface area contributed by atoms with Crippen molar-refractivity contribution in [3.63, 3.8) is 0 Å². The maximum Gasteiger partial charge on any atom is 0.234 e. The summed E-state index contributed by atoms with van der Waals surface area (Å²) in [4.78, 5) is 12.5. The second-order valence-corrected chi connectivity index (χ2v) is 6.88. The number of aromatic amines is 1. The van der Waals surface area contributed by atoms with E-state index in [1.54, 1.807) is 29.9 Å². The van der Waals surface area contributed by atoms with Gasteiger partial charge in [0.2, 0.25) is 5.91 Å². The van der Waals surface area contributed by atoms with E-state index >= 15 is 0 Å². The largest absolute Gasteiger partial charge is 0.311 e. The van der Waals surface area contributed by atoms with Crippen molar-refractivity contribution in [2.24, 2.45) is 0 Å². The van der Waals surface area contributed by atoms with Crippen molar-refractivity contribution in [1.29, 1.82) is 0 Å². The molecule has 6 nitrogen and oxygen atoms in total. The molecule has 0 aliphatic heterocycles. The van der Waals surface area contributed by atoms with Gasteiger partial charge in [-0.1, -0.05) is 11.6 Å². The molecule has 134 valence electrons. The number of anilines is 1. The maximum absolute atomic E-state index is 13.3. The number of aromatic nitrogens is 4. The van der Waals surface area contributed by atoms with E-state index in [1.165, 1.54) is 12.1 Å². The van der Waals surface area contributed by atoms with Crippen LogP contribution in [0.2, 0.25) is 5.02 Å². The quantitative estimate of drug-likeness (QED) is 0.709. The highest BCUT2D eigenvalue weighted by molar-refractivity contribution is 6.30. The van der Waals surface area contributed by atoms with Gasteiger partial charge in [0.25, 0.3) is 0 Å². The van der Waals surface area contributed by atoms with Crippen LogP contribution in [0.4, 0.5) is 10.2 Å². The van der Waals surface area contributed by atoms with E-state index in [9.17, 15) is 9.18 Å². The zero-order valence-corrected chi connectivity index (χ0v) is 14.8. The molecule has 1 amide bonds. The molecule has 8 heteroatoms. The number of hydrogen-bond acceptors (Lipinski definition) is 3. The van der Waals surface area contributed by atoms with Gasteiger partial charge in [-0.25, -0.2) is 9.07 Å². The summed E-state index contributed by atoms with van der Waals surface area (Å²) in [7, 11) is 0. The minimum atomic E-state index is -0.485. The lowest BCUT2D eigenvalue weighted by Crippen LogP contribution is -2.19. The molecular formula is C18H17ClFN5O. The number of carbonyl (C=O) groups excluding carboxylic acids is 1. The van der Waals surface area contributed by atoms with Crippen LogP contribution in [0.15, 0.2) is 36.5 Å². The molecule has 2 N–H and O–H groups in total. The van der Waals surface area contributed by atoms with Gasteiger partial charge in [0.1, 0.15) is 11.6 Å². The van der Waals surface area contributed by atoms with Crippen molar-refractivity contribution in [2.75, 3.05) is 5.32 Å². The van der Waals surface area contributed by atoms with Crippen LogP contribution in [-0.2, 0) is 4.79 Å². The molecule has 26 heavy (non-hydrogen) atoms. The number of H-pyrrole nitrogens is 1. The van der Waals surface area contributed by atoms with Gasteiger partial charge in [-0.3, -0.25) is 9.89 Å². The maximum atomic E-state index is 13.3. The molecule has 1 aliphatic rings. The fourth-order valence-corrected chi connectivity index (χ4v) is 2.88. The first-order valence-electron chi connectivity index (χ1n) is 8.38. The fraction of sp³-hybridized carbons (Fsp3) is 0.278. The van der Waals surface area contributed by atoms with E-state index in [0.29, 0.717) is 23.1 Å². The highest BCUT2D eigenvalue weighted by Gasteiger charge is 2.27. The molecule has 0 radical (unpaired) electrons. The summed E-state index contributed by atoms with van der Waals surface area (Å²) in [5.74, 6) is -0.0139. The predicted octanol–water partition coefficient (Wildman–Crippen LogP) is 4.01. The molecule has 3 aromatic rings. The highest BCUT2D eigenvalue weighted by Crippen LogP contribution is 2.39. The van der Waals surface area contributed by atoms with Gasteiger partial charge in [0, 0.05) is 18.2 Å². The molecule has 2 aromatic heterocycles. The van der Waals surface area contributed by atoms with Crippen LogP contribution >= 0.6 is 11.6 Å². The molecule has 1 atom stereocenters. The van der Waals surface area contributed by atoms with Crippen LogP contribution in [-0.4, -0.2) is 25.9 Å². The van der Waals surface area contributed by atoms with Gasteiger partial charge in [-0.05, 0) is 44.0 Å². The zero-order valence-electron chi connectivity index (χ0n) is 14.0. The molecule has 0 spiro atoms. The van der Waals surface area contributed by atoms with Gasteiger partial charge in [-0.15, -0.1) is 0 Å². The van der Waals surface area contributed by atoms with Gasteiger partial charge in [-0.2, -0.15) is 10.2 Å². The molecule has 1 aromatic carbocycles. The molecular weight excluding hydrogens is 357 g/mol. The summed E-state index contributed by atoms with van der Waals surface area (Å²) in [6, 6.07) is 7.98. The van der Waals surface area contributed by atoms with Gasteiger partial charge in [0.05, 0.1) is 28.0 Å². The summed E-state index contributed by atoms with van der Waals surface area (Å²) in [5.41, 5.74) is 2.22. The van der Waals surface area contributed by atoms with Crippen LogP contribution < -0.4 is 5.32 Å². The smallest absolute Gasteiger partial charge is 0.234 e. The molecule has 2 heterocycles. The Labute approximate surface area is 154 Å². The average molecular weight is 374 g/mol. The number of rotatable bonds is 5. The Kier molecular flexibility index (Phi) is 4.24. The van der Waals surface area contributed by atoms with E-state index in [0.717, 1.165) is 18.5 Å². The van der Waals surface area contributed by atoms with Gasteiger partial charge >= 0.3 is 0 Å². The SMILES string of the molecule is CC(C(=O)Nc1cc(C2CC2)n[nH]1)c1ccn(-c2ccc(F)c(Cl)c2)n1. The lowest BCUT2D eigenvalue weighted by molar-refractivity contribution is -0.117. The van der Waals surface area contributed by atoms with Crippen molar-refractivity contribution in [1.82, 2.24) is 20.0 Å². The molecule has 1 unspecified atom stereocenters. The van der Waals surface area contributed by atoms with Crippen molar-refractivity contribution in [3.8, 4) is 5.69 Å². The lowest BCUT2D eigenvalue weighted by atomic mass is 10.1. The standard InChI is InChI=1S/C18H17ClFN5O/c1-10(18(26)21-17-9-16(22-23-17)11-2-3-11)15-6-7-25(24-15)12-4-5-14(20)13(19)8-12/h4-11H,2-3H2,1H3,(H2,21,22,23,26). The number of nitrogens with one attached hydrogen (secondary N) is 2. The Bertz CT molecular complexity index is 962. The van der Waals surface area contributed by atoms with E-state index in [2.05, 4.69) is 20.6 Å². The van der Waals surface area contributed by atoms with Gasteiger partial charge < -0.3 is 5.32 Å². The predicted molar refractivity (Wildman–Crippen MR) is 96.1 cm³/mol. The molecule has 0 bridgehead atoms. The Balaban J connectivity index is 1.46. The topological polar surface area (TPSA) is 75.6 Å². The molecule has 4 rings (SSSR count). The monoisotopic (exact) mass is 373 g/mol. The first kappa shape index (κ1) is 16.8. The van der Waals surface area contributed by atoms with Crippen molar-refractivity contribution < 1.29 is 9.18 Å². The lowest BCUT2D eigenvalue weighted by Gasteiger charge is -2.08. The zero-order chi connectivity index (χ0) is 18.3. The van der Waals surface area contributed by atoms with Crippen molar-refractivity contribution >= 4 is 23.3 Å². The van der Waals surface area contributed by atoms with Crippen LogP contribution in [0.25, 0.3) is 5.69 Å². The first-order valence-corrected chi connectivity index (χ1v) is 8.76. The van der Waals surface area contributed by atoms with E-state index in [4.69, 9.17) is 11.6 Å². The highest BCUT2D eigenvalue weighted by atomic mass is 35.5. The van der Waals surface area contributed by atoms with E-state index in [1.807, 2.05) is 6.07 Å². The Morgan fingerprint density at radius 3 is 2.92 bits per heavy atom. The summed E-state index contributed by atoms with van der Waals surface area (Å²) >= 11 is 5.81. The third kappa shape index (κ3) is 3.35. The fourth-order valence-electron chi connectivity index (χ4n) is 2.71. The van der Waals surface area contributed by atoms with Crippen LogP contribution in [0.3, 0.4) is 0 Å². The molecule has 1 saturated carbocycles. The molecule has 1 fully saturated rings. The minimum absolute atomic E-state index is 0.0241. The summed E-state index contributed by atoms with van der Waals surface area (Å²) in [6.07, 6.45) is 4.02. The number of amides is 1. The third-order valence-electron chi connectivity index (χ3n) is 4.47. The van der Waals surface area contributed by atoms with Crippen molar-refractivity contribution in [3.05, 3.63) is 58.8 Å². The average Bonchev–Trinajstić information content (AvgIpc) is 3.17. The third-order valence-corrected chi connectivity index (χ3v) is 4.76. The van der Waals surface area contributed by atoms with Crippen LogP contribution in [0, 0.1) is 5.82 Å². The Hall–Kier alpha value is -2.67. The second kappa shape index (κ2) is 6.57. The molecule has 0 saturated heterocycles. The first-order chi connectivity index (χ1) is 12.5. The minimum Gasteiger partial charge on any atom is -0.311 e. The van der Waals surface area contributed by atoms with Crippen LogP contribution in [0.1, 0.15) is 43.0 Å². The normalized spacial score (nSPS) is 15.0. The number of benzene rings is 1. The second-order valence-electron chi connectivity index (χ2n) is 6.48.